The second-order valence-electron chi connectivity index (χ2n) is 4.20. The number of carbonyl (C=O) groups is 1. The molecule has 3 nitrogen and oxygen atoms in total. The van der Waals surface area contributed by atoms with E-state index in [1.165, 1.54) is 13.2 Å². The van der Waals surface area contributed by atoms with E-state index in [1.54, 1.807) is 0 Å². The first kappa shape index (κ1) is 11.0. The molecular weight excluding hydrogens is 180 g/mol. The molecule has 3 heteroatoms. The minimum atomic E-state index is -0.630. The zero-order valence-electron chi connectivity index (χ0n) is 8.83. The maximum absolute atomic E-state index is 11.4. The molecule has 0 aliphatic heterocycles. The maximum atomic E-state index is 11.4. The third-order valence-electron chi connectivity index (χ3n) is 2.67. The molecule has 0 bridgehead atoms. The lowest BCUT2D eigenvalue weighted by Crippen LogP contribution is -2.24. The van der Waals surface area contributed by atoms with Crippen molar-refractivity contribution in [1.82, 2.24) is 0 Å². The molecule has 1 N–H and O–H groups in total. The summed E-state index contributed by atoms with van der Waals surface area (Å²) in [4.78, 5) is 11.4. The van der Waals surface area contributed by atoms with Crippen LogP contribution in [0.4, 0.5) is 0 Å². The first-order valence-corrected chi connectivity index (χ1v) is 4.56. The predicted octanol–water partition coefficient (Wildman–Crippen LogP) is 1.43. The van der Waals surface area contributed by atoms with Gasteiger partial charge < -0.3 is 9.84 Å². The van der Waals surface area contributed by atoms with Crippen molar-refractivity contribution in [2.45, 2.75) is 26.4 Å². The first-order valence-electron chi connectivity index (χ1n) is 4.56. The molecular formula is C11H16O3. The normalized spacial score (nSPS) is 25.0. The number of ether oxygens (including phenoxy) is 1. The second-order valence-corrected chi connectivity index (χ2v) is 4.20. The van der Waals surface area contributed by atoms with E-state index in [1.807, 2.05) is 13.8 Å². The summed E-state index contributed by atoms with van der Waals surface area (Å²) in [7, 11) is 1.34. The monoisotopic (exact) mass is 196 g/mol. The molecule has 1 aliphatic carbocycles. The molecule has 0 aromatic rings. The summed E-state index contributed by atoms with van der Waals surface area (Å²) in [5.74, 6) is -0.371. The molecule has 1 aliphatic rings. The van der Waals surface area contributed by atoms with E-state index in [0.717, 1.165) is 0 Å². The molecule has 0 aromatic carbocycles. The molecule has 0 radical (unpaired) electrons. The zero-order chi connectivity index (χ0) is 10.9. The van der Waals surface area contributed by atoms with Crippen molar-refractivity contribution in [3.63, 3.8) is 0 Å². The van der Waals surface area contributed by atoms with Gasteiger partial charge in [-0.25, -0.2) is 4.79 Å². The predicted molar refractivity (Wildman–Crippen MR) is 53.6 cm³/mol. The molecule has 0 spiro atoms. The van der Waals surface area contributed by atoms with Gasteiger partial charge in [-0.05, 0) is 17.4 Å². The van der Waals surface area contributed by atoms with E-state index in [4.69, 9.17) is 0 Å². The van der Waals surface area contributed by atoms with Crippen molar-refractivity contribution >= 4 is 5.97 Å². The first-order chi connectivity index (χ1) is 6.44. The van der Waals surface area contributed by atoms with Crippen LogP contribution in [-0.4, -0.2) is 24.3 Å². The SMILES string of the molecule is C=CC1=C(C(=O)OC)CC(C)(C)C1O. The molecule has 0 amide bonds. The van der Waals surface area contributed by atoms with Crippen molar-refractivity contribution in [2.75, 3.05) is 7.11 Å². The van der Waals surface area contributed by atoms with Gasteiger partial charge in [-0.2, -0.15) is 0 Å². The van der Waals surface area contributed by atoms with Crippen molar-refractivity contribution in [3.8, 4) is 0 Å². The molecule has 0 saturated carbocycles. The number of hydrogen-bond donors (Lipinski definition) is 1. The van der Waals surface area contributed by atoms with E-state index in [-0.39, 0.29) is 11.4 Å². The number of carbonyl (C=O) groups excluding carboxylic acids is 1. The lowest BCUT2D eigenvalue weighted by atomic mass is 9.86. The van der Waals surface area contributed by atoms with Crippen LogP contribution < -0.4 is 0 Å². The Morgan fingerprint density at radius 3 is 2.71 bits per heavy atom. The van der Waals surface area contributed by atoms with Crippen LogP contribution in [0.2, 0.25) is 0 Å². The molecule has 0 heterocycles. The van der Waals surface area contributed by atoms with Crippen LogP contribution in [0.1, 0.15) is 20.3 Å². The van der Waals surface area contributed by atoms with Gasteiger partial charge >= 0.3 is 5.97 Å². The number of esters is 1. The Morgan fingerprint density at radius 1 is 1.71 bits per heavy atom. The molecule has 14 heavy (non-hydrogen) atoms. The van der Waals surface area contributed by atoms with Crippen LogP contribution in [0.3, 0.4) is 0 Å². The van der Waals surface area contributed by atoms with Gasteiger partial charge in [0.15, 0.2) is 0 Å². The number of hydrogen-bond acceptors (Lipinski definition) is 3. The summed E-state index contributed by atoms with van der Waals surface area (Å²) in [6, 6.07) is 0. The Balaban J connectivity index is 3.08. The summed E-state index contributed by atoms with van der Waals surface area (Å²) in [5, 5.41) is 9.89. The van der Waals surface area contributed by atoms with Gasteiger partial charge in [0.25, 0.3) is 0 Å². The smallest absolute Gasteiger partial charge is 0.334 e. The maximum Gasteiger partial charge on any atom is 0.334 e. The van der Waals surface area contributed by atoms with Gasteiger partial charge in [0.2, 0.25) is 0 Å². The molecule has 0 fully saturated rings. The van der Waals surface area contributed by atoms with E-state index in [0.29, 0.717) is 17.6 Å². The third-order valence-corrected chi connectivity index (χ3v) is 2.67. The second kappa shape index (κ2) is 3.58. The fourth-order valence-electron chi connectivity index (χ4n) is 1.79. The highest BCUT2D eigenvalue weighted by molar-refractivity contribution is 5.91. The van der Waals surface area contributed by atoms with Gasteiger partial charge in [-0.1, -0.05) is 26.5 Å². The standard InChI is InChI=1S/C11H16O3/c1-5-7-8(10(13)14-4)6-11(2,3)9(7)12/h5,9,12H,1,6H2,2-4H3. The average molecular weight is 196 g/mol. The lowest BCUT2D eigenvalue weighted by Gasteiger charge is -2.23. The summed E-state index contributed by atoms with van der Waals surface area (Å²) in [6.45, 7) is 7.43. The minimum Gasteiger partial charge on any atom is -0.466 e. The molecule has 0 saturated heterocycles. The highest BCUT2D eigenvalue weighted by atomic mass is 16.5. The highest BCUT2D eigenvalue weighted by Crippen LogP contribution is 2.42. The van der Waals surface area contributed by atoms with E-state index >= 15 is 0 Å². The van der Waals surface area contributed by atoms with Crippen LogP contribution in [0.15, 0.2) is 23.8 Å². The third kappa shape index (κ3) is 1.60. The molecule has 0 aromatic heterocycles. The summed E-state index contributed by atoms with van der Waals surface area (Å²) in [6.07, 6.45) is 1.43. The summed E-state index contributed by atoms with van der Waals surface area (Å²) in [5.41, 5.74) is 0.828. The van der Waals surface area contributed by atoms with Crippen LogP contribution in [0.25, 0.3) is 0 Å². The van der Waals surface area contributed by atoms with Crippen LogP contribution in [0, 0.1) is 5.41 Å². The van der Waals surface area contributed by atoms with Crippen molar-refractivity contribution in [3.05, 3.63) is 23.8 Å². The Morgan fingerprint density at radius 2 is 2.29 bits per heavy atom. The molecule has 78 valence electrons. The Labute approximate surface area is 84.1 Å². The Bertz CT molecular complexity index is 300. The van der Waals surface area contributed by atoms with Gasteiger partial charge in [-0.3, -0.25) is 0 Å². The number of rotatable bonds is 2. The van der Waals surface area contributed by atoms with Gasteiger partial charge in [0.1, 0.15) is 0 Å². The van der Waals surface area contributed by atoms with Gasteiger partial charge in [-0.15, -0.1) is 0 Å². The van der Waals surface area contributed by atoms with Crippen LogP contribution in [0.5, 0.6) is 0 Å². The average Bonchev–Trinajstić information content (AvgIpc) is 2.37. The fourth-order valence-corrected chi connectivity index (χ4v) is 1.79. The summed E-state index contributed by atoms with van der Waals surface area (Å²) >= 11 is 0. The van der Waals surface area contributed by atoms with Gasteiger partial charge in [0, 0.05) is 5.57 Å². The van der Waals surface area contributed by atoms with Crippen LogP contribution >= 0.6 is 0 Å². The molecule has 1 unspecified atom stereocenters. The van der Waals surface area contributed by atoms with Crippen LogP contribution in [-0.2, 0) is 9.53 Å². The lowest BCUT2D eigenvalue weighted by molar-refractivity contribution is -0.136. The van der Waals surface area contributed by atoms with E-state index in [2.05, 4.69) is 11.3 Å². The molecule has 1 rings (SSSR count). The topological polar surface area (TPSA) is 46.5 Å². The van der Waals surface area contributed by atoms with Crippen molar-refractivity contribution < 1.29 is 14.6 Å². The largest absolute Gasteiger partial charge is 0.466 e. The fraction of sp³-hybridized carbons (Fsp3) is 0.545. The molecule has 1 atom stereocenters. The van der Waals surface area contributed by atoms with Crippen molar-refractivity contribution in [1.29, 1.82) is 0 Å². The van der Waals surface area contributed by atoms with E-state index in [9.17, 15) is 9.90 Å². The van der Waals surface area contributed by atoms with Gasteiger partial charge in [0.05, 0.1) is 13.2 Å². The Kier molecular flexibility index (Phi) is 2.81. The quantitative estimate of drug-likeness (QED) is 0.680. The number of aliphatic hydroxyl groups is 1. The highest BCUT2D eigenvalue weighted by Gasteiger charge is 2.41. The Hall–Kier alpha value is -1.09. The number of methoxy groups -OCH3 is 1. The van der Waals surface area contributed by atoms with Crippen molar-refractivity contribution in [2.24, 2.45) is 5.41 Å². The number of aliphatic hydroxyl groups excluding tert-OH is 1. The minimum absolute atomic E-state index is 0.312. The zero-order valence-corrected chi connectivity index (χ0v) is 8.83. The summed E-state index contributed by atoms with van der Waals surface area (Å²) < 4.78 is 4.65. The van der Waals surface area contributed by atoms with E-state index < -0.39 is 6.10 Å².